The fourth-order valence-corrected chi connectivity index (χ4v) is 1.95. The van der Waals surface area contributed by atoms with E-state index in [1.54, 1.807) is 14.2 Å². The second kappa shape index (κ2) is 7.47. The predicted octanol–water partition coefficient (Wildman–Crippen LogP) is 2.07. The normalized spacial score (nSPS) is 13.0. The molecule has 0 radical (unpaired) electrons. The number of hydrogen-bond donors (Lipinski definition) is 1. The van der Waals surface area contributed by atoms with Gasteiger partial charge in [-0.1, -0.05) is 0 Å². The number of ether oxygens (including phenoxy) is 1. The molecule has 0 aliphatic heterocycles. The summed E-state index contributed by atoms with van der Waals surface area (Å²) in [5.41, 5.74) is 5.97. The molecule has 1 unspecified atom stereocenters. The van der Waals surface area contributed by atoms with E-state index in [9.17, 15) is 13.2 Å². The number of hydrogen-bond acceptors (Lipinski definition) is 3. The van der Waals surface area contributed by atoms with E-state index in [2.05, 4.69) is 0 Å². The van der Waals surface area contributed by atoms with E-state index < -0.39 is 17.5 Å². The predicted molar refractivity (Wildman–Crippen MR) is 67.2 cm³/mol. The number of nitrogens with two attached hydrogens (primary N) is 1. The third-order valence-corrected chi connectivity index (χ3v) is 3.01. The zero-order valence-electron chi connectivity index (χ0n) is 11.1. The Kier molecular flexibility index (Phi) is 6.27. The van der Waals surface area contributed by atoms with Gasteiger partial charge in [-0.25, -0.2) is 13.2 Å². The van der Waals surface area contributed by atoms with Crippen molar-refractivity contribution >= 4 is 0 Å². The zero-order valence-corrected chi connectivity index (χ0v) is 11.1. The summed E-state index contributed by atoms with van der Waals surface area (Å²) < 4.78 is 44.3. The van der Waals surface area contributed by atoms with Crippen LogP contribution in [0.3, 0.4) is 0 Å². The summed E-state index contributed by atoms with van der Waals surface area (Å²) in [5.74, 6) is -3.85. The van der Waals surface area contributed by atoms with E-state index >= 15 is 0 Å². The van der Waals surface area contributed by atoms with Crippen LogP contribution in [0.15, 0.2) is 12.1 Å². The molecule has 0 aliphatic carbocycles. The summed E-state index contributed by atoms with van der Waals surface area (Å²) in [7, 11) is 3.40. The lowest BCUT2D eigenvalue weighted by molar-refractivity contribution is 0.166. The number of nitrogens with zero attached hydrogens (tertiary/aromatic N) is 1. The molecule has 0 fully saturated rings. The first kappa shape index (κ1) is 15.9. The van der Waals surface area contributed by atoms with E-state index in [4.69, 9.17) is 10.5 Å². The lowest BCUT2D eigenvalue weighted by Crippen LogP contribution is -2.32. The third kappa shape index (κ3) is 4.19. The highest BCUT2D eigenvalue weighted by atomic mass is 19.2. The first-order valence-corrected chi connectivity index (χ1v) is 6.05. The van der Waals surface area contributed by atoms with E-state index in [0.29, 0.717) is 18.7 Å². The zero-order chi connectivity index (χ0) is 14.4. The van der Waals surface area contributed by atoms with Crippen LogP contribution in [-0.4, -0.2) is 38.8 Å². The van der Waals surface area contributed by atoms with Crippen molar-refractivity contribution in [2.45, 2.75) is 12.5 Å². The largest absolute Gasteiger partial charge is 0.385 e. The molecule has 0 amide bonds. The summed E-state index contributed by atoms with van der Waals surface area (Å²) in [6, 6.07) is 1.62. The molecular formula is C13H19F3N2O. The molecule has 0 saturated heterocycles. The molecule has 19 heavy (non-hydrogen) atoms. The molecule has 0 bridgehead atoms. The maximum Gasteiger partial charge on any atom is 0.194 e. The van der Waals surface area contributed by atoms with Crippen molar-refractivity contribution in [3.63, 3.8) is 0 Å². The fourth-order valence-electron chi connectivity index (χ4n) is 1.95. The molecule has 0 aliphatic rings. The van der Waals surface area contributed by atoms with Crippen LogP contribution in [0.5, 0.6) is 0 Å². The second-order valence-electron chi connectivity index (χ2n) is 4.38. The number of methoxy groups -OCH3 is 1. The summed E-state index contributed by atoms with van der Waals surface area (Å²) in [5, 5.41) is 0. The van der Waals surface area contributed by atoms with Gasteiger partial charge in [0.2, 0.25) is 0 Å². The molecule has 0 spiro atoms. The minimum atomic E-state index is -1.46. The van der Waals surface area contributed by atoms with Crippen LogP contribution in [-0.2, 0) is 4.74 Å². The molecular weight excluding hydrogens is 257 g/mol. The molecule has 6 heteroatoms. The molecule has 1 rings (SSSR count). The van der Waals surface area contributed by atoms with Crippen molar-refractivity contribution in [2.75, 3.05) is 33.9 Å². The summed E-state index contributed by atoms with van der Waals surface area (Å²) in [6.07, 6.45) is 0.773. The molecule has 0 saturated carbocycles. The van der Waals surface area contributed by atoms with Crippen molar-refractivity contribution in [1.82, 2.24) is 4.90 Å². The van der Waals surface area contributed by atoms with Crippen molar-refractivity contribution in [1.29, 1.82) is 0 Å². The minimum Gasteiger partial charge on any atom is -0.385 e. The second-order valence-corrected chi connectivity index (χ2v) is 4.38. The highest BCUT2D eigenvalue weighted by molar-refractivity contribution is 5.23. The molecule has 2 N–H and O–H groups in total. The van der Waals surface area contributed by atoms with Crippen LogP contribution in [0.2, 0.25) is 0 Å². The number of benzene rings is 1. The topological polar surface area (TPSA) is 38.5 Å². The van der Waals surface area contributed by atoms with Gasteiger partial charge in [-0.3, -0.25) is 4.90 Å². The fraction of sp³-hybridized carbons (Fsp3) is 0.538. The molecule has 1 atom stereocenters. The highest BCUT2D eigenvalue weighted by Gasteiger charge is 2.19. The summed E-state index contributed by atoms with van der Waals surface area (Å²) in [4.78, 5) is 1.87. The molecule has 3 nitrogen and oxygen atoms in total. The van der Waals surface area contributed by atoms with Crippen LogP contribution in [0.4, 0.5) is 13.2 Å². The van der Waals surface area contributed by atoms with Gasteiger partial charge in [0.1, 0.15) is 0 Å². The summed E-state index contributed by atoms with van der Waals surface area (Å²) >= 11 is 0. The van der Waals surface area contributed by atoms with Crippen LogP contribution < -0.4 is 5.73 Å². The van der Waals surface area contributed by atoms with Crippen molar-refractivity contribution in [3.05, 3.63) is 35.1 Å². The van der Waals surface area contributed by atoms with E-state index in [-0.39, 0.29) is 12.6 Å². The standard InChI is InChI=1S/C13H19F3N2O/c1-18(4-3-5-19-2)12(8-17)9-6-10(14)13(16)11(15)7-9/h6-7,12H,3-5,8,17H2,1-2H3. The van der Waals surface area contributed by atoms with Gasteiger partial charge in [0.15, 0.2) is 17.5 Å². The van der Waals surface area contributed by atoms with Gasteiger partial charge in [-0.2, -0.15) is 0 Å². The van der Waals surface area contributed by atoms with Crippen LogP contribution in [0, 0.1) is 17.5 Å². The van der Waals surface area contributed by atoms with Crippen molar-refractivity contribution in [3.8, 4) is 0 Å². The van der Waals surface area contributed by atoms with Crippen LogP contribution in [0.25, 0.3) is 0 Å². The Hall–Kier alpha value is -1.11. The third-order valence-electron chi connectivity index (χ3n) is 3.01. The SMILES string of the molecule is COCCCN(C)C(CN)c1cc(F)c(F)c(F)c1. The van der Waals surface area contributed by atoms with Gasteiger partial charge in [-0.05, 0) is 31.2 Å². The monoisotopic (exact) mass is 276 g/mol. The minimum absolute atomic E-state index is 0.188. The van der Waals surface area contributed by atoms with Gasteiger partial charge in [0.05, 0.1) is 0 Å². The average Bonchev–Trinajstić information content (AvgIpc) is 2.37. The molecule has 1 aromatic carbocycles. The van der Waals surface area contributed by atoms with Gasteiger partial charge < -0.3 is 10.5 Å². The Morgan fingerprint density at radius 1 is 1.26 bits per heavy atom. The average molecular weight is 276 g/mol. The Morgan fingerprint density at radius 2 is 1.84 bits per heavy atom. The maximum atomic E-state index is 13.2. The summed E-state index contributed by atoms with van der Waals surface area (Å²) in [6.45, 7) is 1.44. The maximum absolute atomic E-state index is 13.2. The Bertz CT molecular complexity index is 392. The Balaban J connectivity index is 2.84. The molecule has 0 aromatic heterocycles. The number of rotatable bonds is 7. The van der Waals surface area contributed by atoms with Crippen LogP contribution in [0.1, 0.15) is 18.0 Å². The van der Waals surface area contributed by atoms with Gasteiger partial charge in [0, 0.05) is 32.8 Å². The Morgan fingerprint density at radius 3 is 2.32 bits per heavy atom. The van der Waals surface area contributed by atoms with Crippen molar-refractivity contribution in [2.24, 2.45) is 5.73 Å². The number of halogens is 3. The van der Waals surface area contributed by atoms with E-state index in [0.717, 1.165) is 18.6 Å². The molecule has 1 aromatic rings. The van der Waals surface area contributed by atoms with E-state index in [1.165, 1.54) is 0 Å². The lowest BCUT2D eigenvalue weighted by atomic mass is 10.0. The van der Waals surface area contributed by atoms with Crippen molar-refractivity contribution < 1.29 is 17.9 Å². The van der Waals surface area contributed by atoms with Crippen LogP contribution >= 0.6 is 0 Å². The molecule has 0 heterocycles. The van der Waals surface area contributed by atoms with Gasteiger partial charge in [-0.15, -0.1) is 0 Å². The smallest absolute Gasteiger partial charge is 0.194 e. The lowest BCUT2D eigenvalue weighted by Gasteiger charge is -2.27. The Labute approximate surface area is 111 Å². The van der Waals surface area contributed by atoms with E-state index in [1.807, 2.05) is 4.90 Å². The first-order valence-electron chi connectivity index (χ1n) is 6.05. The van der Waals surface area contributed by atoms with Gasteiger partial charge >= 0.3 is 0 Å². The highest BCUT2D eigenvalue weighted by Crippen LogP contribution is 2.22. The van der Waals surface area contributed by atoms with Gasteiger partial charge in [0.25, 0.3) is 0 Å². The first-order chi connectivity index (χ1) is 9.01. The quantitative estimate of drug-likeness (QED) is 0.612. The molecule has 108 valence electrons. The number of likely N-dealkylation sites (N-methyl/N-ethyl adjacent to an activating group) is 1.